The van der Waals surface area contributed by atoms with Gasteiger partial charge in [0.25, 0.3) is 11.8 Å². The van der Waals surface area contributed by atoms with Crippen LogP contribution >= 0.6 is 0 Å². The highest BCUT2D eigenvalue weighted by Crippen LogP contribution is 2.20. The number of carbonyl (C=O) groups is 2. The standard InChI is InChI=1S/C24H29FN2O3/c1-17(2)19-8-10-22(11-9-19)30-18(3)23(28)26-12-5-13-27(15-14-26)24(29)20-6-4-7-21(25)16-20/h4,6-11,16-18H,5,12-15H2,1-3H3. The fourth-order valence-corrected chi connectivity index (χ4v) is 3.59. The minimum Gasteiger partial charge on any atom is -0.481 e. The molecule has 0 N–H and O–H groups in total. The molecular formula is C24H29FN2O3. The van der Waals surface area contributed by atoms with E-state index in [1.165, 1.54) is 23.8 Å². The van der Waals surface area contributed by atoms with Gasteiger partial charge < -0.3 is 14.5 Å². The van der Waals surface area contributed by atoms with Crippen LogP contribution < -0.4 is 4.74 Å². The second kappa shape index (κ2) is 9.74. The smallest absolute Gasteiger partial charge is 0.263 e. The molecule has 0 aromatic heterocycles. The molecule has 1 aliphatic heterocycles. The molecule has 1 saturated heterocycles. The highest BCUT2D eigenvalue weighted by Gasteiger charge is 2.26. The molecule has 0 aliphatic carbocycles. The Labute approximate surface area is 177 Å². The number of carbonyl (C=O) groups excluding carboxylic acids is 2. The average Bonchev–Trinajstić information content (AvgIpc) is 2.99. The van der Waals surface area contributed by atoms with Crippen molar-refractivity contribution in [1.29, 1.82) is 0 Å². The van der Waals surface area contributed by atoms with Crippen molar-refractivity contribution in [3.63, 3.8) is 0 Å². The van der Waals surface area contributed by atoms with Crippen LogP contribution in [0.25, 0.3) is 0 Å². The van der Waals surface area contributed by atoms with Crippen LogP contribution in [0.1, 0.15) is 49.0 Å². The van der Waals surface area contributed by atoms with E-state index >= 15 is 0 Å². The molecule has 2 aromatic carbocycles. The van der Waals surface area contributed by atoms with E-state index in [1.807, 2.05) is 24.3 Å². The molecule has 1 atom stereocenters. The summed E-state index contributed by atoms with van der Waals surface area (Å²) in [5, 5.41) is 0. The van der Waals surface area contributed by atoms with Crippen LogP contribution in [0, 0.1) is 5.82 Å². The summed E-state index contributed by atoms with van der Waals surface area (Å²) in [4.78, 5) is 29.0. The molecule has 5 nitrogen and oxygen atoms in total. The third kappa shape index (κ3) is 5.38. The Hall–Kier alpha value is -2.89. The van der Waals surface area contributed by atoms with Crippen LogP contribution in [0.5, 0.6) is 5.75 Å². The van der Waals surface area contributed by atoms with Gasteiger partial charge in [-0.1, -0.05) is 32.0 Å². The van der Waals surface area contributed by atoms with E-state index in [1.54, 1.807) is 22.8 Å². The van der Waals surface area contributed by atoms with Crippen molar-refractivity contribution in [2.24, 2.45) is 0 Å². The summed E-state index contributed by atoms with van der Waals surface area (Å²) in [7, 11) is 0. The van der Waals surface area contributed by atoms with Crippen LogP contribution in [0.15, 0.2) is 48.5 Å². The Balaban J connectivity index is 1.57. The van der Waals surface area contributed by atoms with Crippen LogP contribution in [-0.2, 0) is 4.79 Å². The van der Waals surface area contributed by atoms with E-state index < -0.39 is 11.9 Å². The fraction of sp³-hybridized carbons (Fsp3) is 0.417. The zero-order chi connectivity index (χ0) is 21.7. The first kappa shape index (κ1) is 21.8. The van der Waals surface area contributed by atoms with Crippen molar-refractivity contribution in [1.82, 2.24) is 9.80 Å². The Morgan fingerprint density at radius 2 is 1.60 bits per heavy atom. The van der Waals surface area contributed by atoms with Crippen molar-refractivity contribution < 1.29 is 18.7 Å². The van der Waals surface area contributed by atoms with E-state index in [2.05, 4.69) is 13.8 Å². The van der Waals surface area contributed by atoms with Gasteiger partial charge in [-0.05, 0) is 55.2 Å². The first-order chi connectivity index (χ1) is 14.3. The van der Waals surface area contributed by atoms with Gasteiger partial charge in [-0.25, -0.2) is 4.39 Å². The second-order valence-corrected chi connectivity index (χ2v) is 7.97. The maximum absolute atomic E-state index is 13.4. The maximum atomic E-state index is 13.4. The molecule has 30 heavy (non-hydrogen) atoms. The zero-order valence-corrected chi connectivity index (χ0v) is 17.8. The molecule has 3 rings (SSSR count). The van der Waals surface area contributed by atoms with Gasteiger partial charge in [-0.2, -0.15) is 0 Å². The summed E-state index contributed by atoms with van der Waals surface area (Å²) in [5.41, 5.74) is 1.55. The van der Waals surface area contributed by atoms with Crippen molar-refractivity contribution in [3.8, 4) is 5.75 Å². The third-order valence-corrected chi connectivity index (χ3v) is 5.37. The van der Waals surface area contributed by atoms with E-state index in [4.69, 9.17) is 4.74 Å². The summed E-state index contributed by atoms with van der Waals surface area (Å²) in [5.74, 6) is 0.368. The Morgan fingerprint density at radius 1 is 0.933 bits per heavy atom. The molecule has 2 aromatic rings. The number of benzene rings is 2. The lowest BCUT2D eigenvalue weighted by Crippen LogP contribution is -2.43. The quantitative estimate of drug-likeness (QED) is 0.743. The SMILES string of the molecule is CC(Oc1ccc(C(C)C)cc1)C(=O)N1CCCN(C(=O)c2cccc(F)c2)CC1. The normalized spacial score (nSPS) is 15.6. The van der Waals surface area contributed by atoms with Gasteiger partial charge in [0.05, 0.1) is 0 Å². The van der Waals surface area contributed by atoms with Gasteiger partial charge in [-0.15, -0.1) is 0 Å². The predicted octanol–water partition coefficient (Wildman–Crippen LogP) is 4.09. The summed E-state index contributed by atoms with van der Waals surface area (Å²) >= 11 is 0. The number of ether oxygens (including phenoxy) is 1. The van der Waals surface area contributed by atoms with Crippen molar-refractivity contribution in [3.05, 3.63) is 65.5 Å². The number of hydrogen-bond acceptors (Lipinski definition) is 3. The zero-order valence-electron chi connectivity index (χ0n) is 17.8. The molecule has 1 aliphatic rings. The number of amides is 2. The summed E-state index contributed by atoms with van der Waals surface area (Å²) in [6, 6.07) is 13.5. The largest absolute Gasteiger partial charge is 0.481 e. The summed E-state index contributed by atoms with van der Waals surface area (Å²) < 4.78 is 19.3. The van der Waals surface area contributed by atoms with Crippen LogP contribution in [0.3, 0.4) is 0 Å². The number of rotatable bonds is 5. The van der Waals surface area contributed by atoms with Gasteiger partial charge in [-0.3, -0.25) is 9.59 Å². The van der Waals surface area contributed by atoms with Crippen LogP contribution in [0.2, 0.25) is 0 Å². The monoisotopic (exact) mass is 412 g/mol. The molecule has 2 amide bonds. The summed E-state index contributed by atoms with van der Waals surface area (Å²) in [6.45, 7) is 7.94. The number of nitrogens with zero attached hydrogens (tertiary/aromatic N) is 2. The maximum Gasteiger partial charge on any atom is 0.263 e. The Kier molecular flexibility index (Phi) is 7.08. The lowest BCUT2D eigenvalue weighted by molar-refractivity contribution is -0.137. The van der Waals surface area contributed by atoms with E-state index in [9.17, 15) is 14.0 Å². The van der Waals surface area contributed by atoms with E-state index in [-0.39, 0.29) is 11.8 Å². The van der Waals surface area contributed by atoms with Gasteiger partial charge >= 0.3 is 0 Å². The van der Waals surface area contributed by atoms with Crippen molar-refractivity contribution in [2.75, 3.05) is 26.2 Å². The first-order valence-corrected chi connectivity index (χ1v) is 10.5. The Bertz CT molecular complexity index is 882. The highest BCUT2D eigenvalue weighted by molar-refractivity contribution is 5.94. The van der Waals surface area contributed by atoms with Gasteiger partial charge in [0.2, 0.25) is 0 Å². The van der Waals surface area contributed by atoms with Crippen molar-refractivity contribution >= 4 is 11.8 Å². The topological polar surface area (TPSA) is 49.9 Å². The molecule has 1 unspecified atom stereocenters. The molecule has 6 heteroatoms. The predicted molar refractivity (Wildman–Crippen MR) is 114 cm³/mol. The summed E-state index contributed by atoms with van der Waals surface area (Å²) in [6.07, 6.45) is 0.0585. The minimum atomic E-state index is -0.611. The molecule has 160 valence electrons. The molecule has 0 radical (unpaired) electrons. The highest BCUT2D eigenvalue weighted by atomic mass is 19.1. The van der Waals surface area contributed by atoms with Crippen LogP contribution in [-0.4, -0.2) is 53.9 Å². The lowest BCUT2D eigenvalue weighted by atomic mass is 10.0. The molecular weight excluding hydrogens is 383 g/mol. The van der Waals surface area contributed by atoms with Crippen molar-refractivity contribution in [2.45, 2.75) is 39.2 Å². The molecule has 1 heterocycles. The van der Waals surface area contributed by atoms with Gasteiger partial charge in [0.1, 0.15) is 11.6 Å². The second-order valence-electron chi connectivity index (χ2n) is 7.97. The molecule has 0 bridgehead atoms. The Morgan fingerprint density at radius 3 is 2.27 bits per heavy atom. The number of halogens is 1. The van der Waals surface area contributed by atoms with Gasteiger partial charge in [0, 0.05) is 31.7 Å². The lowest BCUT2D eigenvalue weighted by Gasteiger charge is -2.25. The minimum absolute atomic E-state index is 0.0945. The van der Waals surface area contributed by atoms with E-state index in [0.717, 1.165) is 0 Å². The number of hydrogen-bond donors (Lipinski definition) is 0. The van der Waals surface area contributed by atoms with E-state index in [0.29, 0.717) is 49.8 Å². The average molecular weight is 413 g/mol. The fourth-order valence-electron chi connectivity index (χ4n) is 3.59. The molecule has 1 fully saturated rings. The molecule has 0 saturated carbocycles. The third-order valence-electron chi connectivity index (χ3n) is 5.37. The first-order valence-electron chi connectivity index (χ1n) is 10.5. The molecule has 0 spiro atoms. The van der Waals surface area contributed by atoms with Crippen LogP contribution in [0.4, 0.5) is 4.39 Å². The van der Waals surface area contributed by atoms with Gasteiger partial charge in [0.15, 0.2) is 6.10 Å².